The quantitative estimate of drug-likeness (QED) is 0.480. The lowest BCUT2D eigenvalue weighted by Gasteiger charge is -2.23. The van der Waals surface area contributed by atoms with Crippen molar-refractivity contribution in [3.63, 3.8) is 0 Å². The molecule has 6 heteroatoms. The van der Waals surface area contributed by atoms with Crippen LogP contribution in [0.4, 0.5) is 5.69 Å². The molecule has 0 bridgehead atoms. The number of rotatable bonds is 6. The van der Waals surface area contributed by atoms with Gasteiger partial charge in [-0.05, 0) is 28.3 Å². The van der Waals surface area contributed by atoms with Gasteiger partial charge < -0.3 is 10.4 Å². The average Bonchev–Trinajstić information content (AvgIpc) is 2.66. The number of carbonyl (C=O) groups is 1. The summed E-state index contributed by atoms with van der Waals surface area (Å²) in [5.41, 5.74) is 0.994. The number of nitrogens with one attached hydrogen (secondary N) is 1. The average molecular weight is 378 g/mol. The van der Waals surface area contributed by atoms with Gasteiger partial charge in [0.2, 0.25) is 5.91 Å². The molecule has 0 aliphatic carbocycles. The summed E-state index contributed by atoms with van der Waals surface area (Å²) in [7, 11) is 0. The van der Waals surface area contributed by atoms with E-state index in [0.717, 1.165) is 10.8 Å². The lowest BCUT2D eigenvalue weighted by atomic mass is 9.92. The molecule has 0 radical (unpaired) electrons. The largest absolute Gasteiger partial charge is 0.508 e. The Balaban J connectivity index is 2.17. The molecule has 3 rings (SSSR count). The van der Waals surface area contributed by atoms with Crippen LogP contribution in [-0.2, 0) is 4.79 Å². The molecular weight excluding hydrogens is 356 g/mol. The molecule has 0 aromatic heterocycles. The second-order valence-electron chi connectivity index (χ2n) is 7.17. The second kappa shape index (κ2) is 8.08. The third kappa shape index (κ3) is 4.11. The fourth-order valence-electron chi connectivity index (χ4n) is 3.32. The van der Waals surface area contributed by atoms with E-state index in [1.54, 1.807) is 24.3 Å². The van der Waals surface area contributed by atoms with Crippen molar-refractivity contribution in [2.45, 2.75) is 26.3 Å². The fourth-order valence-corrected chi connectivity index (χ4v) is 3.32. The Morgan fingerprint density at radius 1 is 1.11 bits per heavy atom. The molecule has 0 heterocycles. The molecule has 3 aromatic carbocycles. The number of non-ortho nitro benzene ring substituents is 1. The van der Waals surface area contributed by atoms with Gasteiger partial charge in [-0.1, -0.05) is 56.3 Å². The molecule has 0 saturated heterocycles. The van der Waals surface area contributed by atoms with E-state index in [1.807, 2.05) is 38.1 Å². The van der Waals surface area contributed by atoms with Gasteiger partial charge >= 0.3 is 0 Å². The predicted octanol–water partition coefficient (Wildman–Crippen LogP) is 4.71. The number of fused-ring (bicyclic) bond motifs is 1. The highest BCUT2D eigenvalue weighted by Gasteiger charge is 2.24. The number of nitro groups is 1. The standard InChI is InChI=1S/C22H22N2O4/c1-14(2)12-20(26)23-22(16-7-5-8-17(13-16)24(27)28)21-18-9-4-3-6-15(18)10-11-19(21)25/h3-11,13-14,22,25H,12H2,1-2H3,(H,23,26). The second-order valence-corrected chi connectivity index (χ2v) is 7.17. The maximum Gasteiger partial charge on any atom is 0.269 e. The van der Waals surface area contributed by atoms with Gasteiger partial charge in [0.15, 0.2) is 0 Å². The van der Waals surface area contributed by atoms with Crippen LogP contribution >= 0.6 is 0 Å². The smallest absolute Gasteiger partial charge is 0.269 e. The summed E-state index contributed by atoms with van der Waals surface area (Å²) in [6.45, 7) is 3.88. The number of carbonyl (C=O) groups excluding carboxylic acids is 1. The van der Waals surface area contributed by atoms with Crippen LogP contribution in [0.15, 0.2) is 60.7 Å². The Morgan fingerprint density at radius 3 is 2.57 bits per heavy atom. The van der Waals surface area contributed by atoms with E-state index in [9.17, 15) is 20.0 Å². The number of nitro benzene ring substituents is 1. The van der Waals surface area contributed by atoms with Crippen LogP contribution in [0.1, 0.15) is 37.4 Å². The molecule has 0 spiro atoms. The number of hydrogen-bond acceptors (Lipinski definition) is 4. The zero-order valence-corrected chi connectivity index (χ0v) is 15.8. The van der Waals surface area contributed by atoms with E-state index in [-0.39, 0.29) is 23.3 Å². The van der Waals surface area contributed by atoms with E-state index < -0.39 is 11.0 Å². The molecule has 144 valence electrons. The van der Waals surface area contributed by atoms with E-state index in [1.165, 1.54) is 12.1 Å². The van der Waals surface area contributed by atoms with Crippen molar-refractivity contribution < 1.29 is 14.8 Å². The lowest BCUT2D eigenvalue weighted by Crippen LogP contribution is -2.30. The molecule has 0 aliphatic heterocycles. The summed E-state index contributed by atoms with van der Waals surface area (Å²) in [6, 6.07) is 16.3. The van der Waals surface area contributed by atoms with Crippen LogP contribution in [-0.4, -0.2) is 15.9 Å². The van der Waals surface area contributed by atoms with Crippen molar-refractivity contribution in [1.29, 1.82) is 0 Å². The van der Waals surface area contributed by atoms with Crippen molar-refractivity contribution in [2.24, 2.45) is 5.92 Å². The highest BCUT2D eigenvalue weighted by atomic mass is 16.6. The van der Waals surface area contributed by atoms with Crippen LogP contribution in [0, 0.1) is 16.0 Å². The number of amides is 1. The number of nitrogens with zero attached hydrogens (tertiary/aromatic N) is 1. The third-order valence-corrected chi connectivity index (χ3v) is 4.55. The van der Waals surface area contributed by atoms with E-state index in [4.69, 9.17) is 0 Å². The molecule has 1 atom stereocenters. The number of benzene rings is 3. The highest BCUT2D eigenvalue weighted by Crippen LogP contribution is 2.36. The molecule has 0 fully saturated rings. The first-order valence-corrected chi connectivity index (χ1v) is 9.11. The molecule has 0 aliphatic rings. The van der Waals surface area contributed by atoms with Crippen LogP contribution in [0.5, 0.6) is 5.75 Å². The topological polar surface area (TPSA) is 92.5 Å². The summed E-state index contributed by atoms with van der Waals surface area (Å²) in [5.74, 6) is 0.00534. The maximum atomic E-state index is 12.6. The maximum absolute atomic E-state index is 12.6. The molecule has 1 unspecified atom stereocenters. The van der Waals surface area contributed by atoms with Crippen molar-refractivity contribution in [3.8, 4) is 5.75 Å². The Labute approximate surface area is 163 Å². The van der Waals surface area contributed by atoms with E-state index >= 15 is 0 Å². The monoisotopic (exact) mass is 378 g/mol. The van der Waals surface area contributed by atoms with E-state index in [2.05, 4.69) is 5.32 Å². The van der Waals surface area contributed by atoms with Crippen molar-refractivity contribution in [1.82, 2.24) is 5.32 Å². The minimum atomic E-state index is -0.711. The normalized spacial score (nSPS) is 12.1. The molecule has 1 amide bonds. The highest BCUT2D eigenvalue weighted by molar-refractivity contribution is 5.89. The van der Waals surface area contributed by atoms with Crippen LogP contribution < -0.4 is 5.32 Å². The van der Waals surface area contributed by atoms with Gasteiger partial charge in [0.05, 0.1) is 11.0 Å². The molecule has 0 saturated carbocycles. The Kier molecular flexibility index (Phi) is 5.59. The first-order chi connectivity index (χ1) is 13.4. The summed E-state index contributed by atoms with van der Waals surface area (Å²) in [6.07, 6.45) is 0.316. The predicted molar refractivity (Wildman–Crippen MR) is 108 cm³/mol. The Morgan fingerprint density at radius 2 is 1.86 bits per heavy atom. The summed E-state index contributed by atoms with van der Waals surface area (Å²) >= 11 is 0. The third-order valence-electron chi connectivity index (χ3n) is 4.55. The number of phenolic OH excluding ortho intramolecular Hbond substituents is 1. The summed E-state index contributed by atoms with van der Waals surface area (Å²) < 4.78 is 0. The van der Waals surface area contributed by atoms with Crippen molar-refractivity contribution in [3.05, 3.63) is 81.9 Å². The lowest BCUT2D eigenvalue weighted by molar-refractivity contribution is -0.384. The zero-order chi connectivity index (χ0) is 20.3. The van der Waals surface area contributed by atoms with Crippen molar-refractivity contribution >= 4 is 22.4 Å². The molecule has 28 heavy (non-hydrogen) atoms. The van der Waals surface area contributed by atoms with Gasteiger partial charge in [-0.3, -0.25) is 14.9 Å². The van der Waals surface area contributed by atoms with Gasteiger partial charge in [-0.25, -0.2) is 0 Å². The number of hydrogen-bond donors (Lipinski definition) is 2. The fraction of sp³-hybridized carbons (Fsp3) is 0.227. The zero-order valence-electron chi connectivity index (χ0n) is 15.8. The van der Waals surface area contributed by atoms with Crippen LogP contribution in [0.25, 0.3) is 10.8 Å². The Hall–Kier alpha value is -3.41. The Bertz CT molecular complexity index is 1030. The SMILES string of the molecule is CC(C)CC(=O)NC(c1cccc([N+](=O)[O-])c1)c1c(O)ccc2ccccc12. The molecule has 2 N–H and O–H groups in total. The first-order valence-electron chi connectivity index (χ1n) is 9.11. The van der Waals surface area contributed by atoms with Gasteiger partial charge in [0.1, 0.15) is 5.75 Å². The number of aromatic hydroxyl groups is 1. The summed E-state index contributed by atoms with van der Waals surface area (Å²) in [4.78, 5) is 23.3. The van der Waals surface area contributed by atoms with E-state index in [0.29, 0.717) is 17.5 Å². The molecular formula is C22H22N2O4. The van der Waals surface area contributed by atoms with Gasteiger partial charge in [-0.15, -0.1) is 0 Å². The molecule has 3 aromatic rings. The van der Waals surface area contributed by atoms with Crippen LogP contribution in [0.2, 0.25) is 0 Å². The minimum absolute atomic E-state index is 0.0278. The number of phenols is 1. The van der Waals surface area contributed by atoms with Gasteiger partial charge in [0.25, 0.3) is 5.69 Å². The van der Waals surface area contributed by atoms with Gasteiger partial charge in [0, 0.05) is 24.1 Å². The summed E-state index contributed by atoms with van der Waals surface area (Å²) in [5, 5.41) is 26.5. The van der Waals surface area contributed by atoms with Crippen molar-refractivity contribution in [2.75, 3.05) is 0 Å². The minimum Gasteiger partial charge on any atom is -0.508 e. The first kappa shape index (κ1) is 19.4. The van der Waals surface area contributed by atoms with Gasteiger partial charge in [-0.2, -0.15) is 0 Å². The van der Waals surface area contributed by atoms with Crippen LogP contribution in [0.3, 0.4) is 0 Å². The molecule has 6 nitrogen and oxygen atoms in total.